The largest absolute Gasteiger partial charge is 0.370 e. The molecule has 0 spiro atoms. The van der Waals surface area contributed by atoms with Crippen LogP contribution in [0.3, 0.4) is 0 Å². The Balaban J connectivity index is 1.54. The summed E-state index contributed by atoms with van der Waals surface area (Å²) in [5, 5.41) is 1.14. The van der Waals surface area contributed by atoms with Crippen LogP contribution in [0, 0.1) is 6.92 Å². The van der Waals surface area contributed by atoms with Gasteiger partial charge in [-0.25, -0.2) is 0 Å². The van der Waals surface area contributed by atoms with Crippen molar-refractivity contribution in [1.29, 1.82) is 0 Å². The van der Waals surface area contributed by atoms with Crippen LogP contribution >= 0.6 is 11.3 Å². The van der Waals surface area contributed by atoms with E-state index in [0.717, 1.165) is 68.5 Å². The number of carbonyl (C=O) groups excluding carboxylic acids is 1. The van der Waals surface area contributed by atoms with Gasteiger partial charge >= 0.3 is 0 Å². The number of amides is 1. The lowest BCUT2D eigenvalue weighted by atomic mass is 9.91. The highest BCUT2D eigenvalue weighted by molar-refractivity contribution is 7.17. The van der Waals surface area contributed by atoms with Crippen molar-refractivity contribution in [3.63, 3.8) is 0 Å². The SMILES string of the molecule is Cc1cccc(C2=NCC(=O)N(CC[NH+]3CCOCC3)c3sc4c(c32)CCCC4)c1. The van der Waals surface area contributed by atoms with E-state index in [-0.39, 0.29) is 12.5 Å². The number of aliphatic imine (C=N–C) groups is 1. The lowest BCUT2D eigenvalue weighted by molar-refractivity contribution is -0.906. The molecule has 1 aromatic carbocycles. The molecule has 1 aromatic heterocycles. The molecule has 2 aliphatic heterocycles. The normalized spacial score (nSPS) is 19.8. The molecule has 0 atom stereocenters. The number of anilines is 1. The van der Waals surface area contributed by atoms with E-state index in [1.54, 1.807) is 0 Å². The van der Waals surface area contributed by atoms with Gasteiger partial charge in [0.2, 0.25) is 5.91 Å². The second-order valence-electron chi connectivity index (χ2n) is 8.58. The lowest BCUT2D eigenvalue weighted by Crippen LogP contribution is -3.14. The van der Waals surface area contributed by atoms with Gasteiger partial charge in [-0.05, 0) is 44.2 Å². The van der Waals surface area contributed by atoms with Crippen molar-refractivity contribution >= 4 is 28.0 Å². The third kappa shape index (κ3) is 3.84. The van der Waals surface area contributed by atoms with E-state index in [1.807, 2.05) is 16.2 Å². The van der Waals surface area contributed by atoms with Gasteiger partial charge in [-0.1, -0.05) is 23.8 Å². The zero-order valence-corrected chi connectivity index (χ0v) is 18.5. The van der Waals surface area contributed by atoms with Crippen molar-refractivity contribution in [3.8, 4) is 0 Å². The van der Waals surface area contributed by atoms with Crippen LogP contribution in [-0.4, -0.2) is 57.6 Å². The van der Waals surface area contributed by atoms with Crippen molar-refractivity contribution in [3.05, 3.63) is 51.4 Å². The van der Waals surface area contributed by atoms with Gasteiger partial charge in [0.05, 0.1) is 32.0 Å². The van der Waals surface area contributed by atoms with E-state index < -0.39 is 0 Å². The van der Waals surface area contributed by atoms with Gasteiger partial charge in [-0.15, -0.1) is 11.3 Å². The molecule has 158 valence electrons. The first-order chi connectivity index (χ1) is 14.7. The zero-order valence-electron chi connectivity index (χ0n) is 17.7. The average Bonchev–Trinajstić information content (AvgIpc) is 3.07. The number of thiophene rings is 1. The van der Waals surface area contributed by atoms with Gasteiger partial charge < -0.3 is 9.64 Å². The van der Waals surface area contributed by atoms with Crippen molar-refractivity contribution in [2.24, 2.45) is 4.99 Å². The second kappa shape index (κ2) is 8.61. The highest BCUT2D eigenvalue weighted by Crippen LogP contribution is 2.42. The van der Waals surface area contributed by atoms with E-state index in [2.05, 4.69) is 31.2 Å². The van der Waals surface area contributed by atoms with Gasteiger partial charge in [0.1, 0.15) is 24.6 Å². The molecule has 3 aliphatic rings. The first kappa shape index (κ1) is 19.9. The van der Waals surface area contributed by atoms with E-state index in [1.165, 1.54) is 39.3 Å². The Morgan fingerprint density at radius 3 is 2.87 bits per heavy atom. The van der Waals surface area contributed by atoms with Crippen LogP contribution in [0.4, 0.5) is 5.00 Å². The Morgan fingerprint density at radius 1 is 1.20 bits per heavy atom. The van der Waals surface area contributed by atoms with Crippen molar-refractivity contribution < 1.29 is 14.4 Å². The number of rotatable bonds is 4. The fourth-order valence-corrected chi connectivity index (χ4v) is 6.28. The molecule has 0 saturated carbocycles. The number of hydrogen-bond acceptors (Lipinski definition) is 4. The summed E-state index contributed by atoms with van der Waals surface area (Å²) in [6.07, 6.45) is 4.70. The predicted molar refractivity (Wildman–Crippen MR) is 121 cm³/mol. The van der Waals surface area contributed by atoms with Crippen LogP contribution in [-0.2, 0) is 22.4 Å². The first-order valence-electron chi connectivity index (χ1n) is 11.2. The van der Waals surface area contributed by atoms with E-state index in [0.29, 0.717) is 0 Å². The van der Waals surface area contributed by atoms with E-state index in [9.17, 15) is 4.79 Å². The minimum Gasteiger partial charge on any atom is -0.370 e. The molecule has 2 aromatic rings. The maximum absolute atomic E-state index is 13.2. The minimum atomic E-state index is 0.130. The molecule has 1 fully saturated rings. The molecule has 0 bridgehead atoms. The summed E-state index contributed by atoms with van der Waals surface area (Å²) in [6, 6.07) is 8.55. The van der Waals surface area contributed by atoms with Crippen LogP contribution < -0.4 is 9.80 Å². The summed E-state index contributed by atoms with van der Waals surface area (Å²) in [4.78, 5) is 23.1. The number of nitrogens with zero attached hydrogens (tertiary/aromatic N) is 2. The molecule has 1 N–H and O–H groups in total. The molecule has 1 amide bonds. The number of carbonyl (C=O) groups is 1. The van der Waals surface area contributed by atoms with Crippen molar-refractivity contribution in [2.75, 3.05) is 50.8 Å². The second-order valence-corrected chi connectivity index (χ2v) is 9.67. The Kier molecular flexibility index (Phi) is 5.72. The maximum atomic E-state index is 13.2. The highest BCUT2D eigenvalue weighted by atomic mass is 32.1. The van der Waals surface area contributed by atoms with Gasteiger partial charge in [0.15, 0.2) is 0 Å². The monoisotopic (exact) mass is 424 g/mol. The van der Waals surface area contributed by atoms with Crippen LogP contribution in [0.2, 0.25) is 0 Å². The number of benzene rings is 1. The van der Waals surface area contributed by atoms with Gasteiger partial charge in [0, 0.05) is 16.0 Å². The quantitative estimate of drug-likeness (QED) is 0.817. The highest BCUT2D eigenvalue weighted by Gasteiger charge is 2.33. The zero-order chi connectivity index (χ0) is 20.5. The minimum absolute atomic E-state index is 0.130. The summed E-state index contributed by atoms with van der Waals surface area (Å²) in [6.45, 7) is 7.78. The summed E-state index contributed by atoms with van der Waals surface area (Å²) >= 11 is 1.84. The number of nitrogens with one attached hydrogen (secondary N) is 1. The summed E-state index contributed by atoms with van der Waals surface area (Å²) in [7, 11) is 0. The number of aryl methyl sites for hydroxylation is 2. The molecule has 30 heavy (non-hydrogen) atoms. The Morgan fingerprint density at radius 2 is 2.03 bits per heavy atom. The lowest BCUT2D eigenvalue weighted by Gasteiger charge is -2.27. The van der Waals surface area contributed by atoms with Crippen LogP contribution in [0.15, 0.2) is 29.3 Å². The van der Waals surface area contributed by atoms with E-state index in [4.69, 9.17) is 9.73 Å². The summed E-state index contributed by atoms with van der Waals surface area (Å²) < 4.78 is 5.50. The average molecular weight is 425 g/mol. The number of quaternary nitrogens is 1. The Labute approximate surface area is 182 Å². The first-order valence-corrected chi connectivity index (χ1v) is 12.0. The molecule has 1 aliphatic carbocycles. The molecule has 5 rings (SSSR count). The molecular weight excluding hydrogens is 394 g/mol. The number of ether oxygens (including phenoxy) is 1. The molecule has 6 heteroatoms. The summed E-state index contributed by atoms with van der Waals surface area (Å²) in [5.74, 6) is 0.130. The van der Waals surface area contributed by atoms with Gasteiger partial charge in [-0.3, -0.25) is 14.7 Å². The Bertz CT molecular complexity index is 975. The number of hydrogen-bond donors (Lipinski definition) is 1. The maximum Gasteiger partial charge on any atom is 0.249 e. The third-order valence-electron chi connectivity index (χ3n) is 6.49. The number of fused-ring (bicyclic) bond motifs is 3. The molecule has 5 nitrogen and oxygen atoms in total. The third-order valence-corrected chi connectivity index (χ3v) is 7.80. The molecule has 0 radical (unpaired) electrons. The molecule has 1 saturated heterocycles. The fraction of sp³-hybridized carbons (Fsp3) is 0.500. The standard InChI is InChI=1S/C24H29N3O2S/c1-17-5-4-6-18(15-17)23-22-19-7-2-3-8-20(19)30-24(22)27(21(28)16-25-23)10-9-26-11-13-29-14-12-26/h4-6,15H,2-3,7-14,16H2,1H3/p+1. The predicted octanol–water partition coefficient (Wildman–Crippen LogP) is 2.03. The van der Waals surface area contributed by atoms with Crippen molar-refractivity contribution in [1.82, 2.24) is 0 Å². The van der Waals surface area contributed by atoms with Gasteiger partial charge in [-0.2, -0.15) is 0 Å². The number of morpholine rings is 1. The van der Waals surface area contributed by atoms with Crippen LogP contribution in [0.1, 0.15) is 40.0 Å². The Hall–Kier alpha value is -2.02. The van der Waals surface area contributed by atoms with Crippen LogP contribution in [0.5, 0.6) is 0 Å². The topological polar surface area (TPSA) is 46.3 Å². The van der Waals surface area contributed by atoms with Crippen LogP contribution in [0.25, 0.3) is 0 Å². The van der Waals surface area contributed by atoms with E-state index >= 15 is 0 Å². The fourth-order valence-electron chi connectivity index (χ4n) is 4.84. The molecule has 0 unspecified atom stereocenters. The smallest absolute Gasteiger partial charge is 0.249 e. The van der Waals surface area contributed by atoms with Crippen molar-refractivity contribution in [2.45, 2.75) is 32.6 Å². The molecule has 3 heterocycles. The summed E-state index contributed by atoms with van der Waals surface area (Å²) in [5.41, 5.74) is 6.06. The van der Waals surface area contributed by atoms with Gasteiger partial charge in [0.25, 0.3) is 0 Å². The molecular formula is C24H30N3O2S+.